The predicted molar refractivity (Wildman–Crippen MR) is 25.3 cm³/mol. The molecule has 0 spiro atoms. The molecule has 0 saturated heterocycles. The molecule has 0 aliphatic carbocycles. The number of rotatable bonds is 0. The summed E-state index contributed by atoms with van der Waals surface area (Å²) < 4.78 is 8.88. The summed E-state index contributed by atoms with van der Waals surface area (Å²) in [6, 6.07) is 0. The van der Waals surface area contributed by atoms with Crippen molar-refractivity contribution in [3.8, 4) is 0 Å². The van der Waals surface area contributed by atoms with Crippen molar-refractivity contribution >= 4 is 25.2 Å². The van der Waals surface area contributed by atoms with Crippen molar-refractivity contribution < 1.29 is 123 Å². The van der Waals surface area contributed by atoms with E-state index in [9.17, 15) is 0 Å². The van der Waals surface area contributed by atoms with Crippen LogP contribution >= 0.6 is 7.82 Å². The second-order valence-electron chi connectivity index (χ2n) is 0.513. The van der Waals surface area contributed by atoms with Crippen molar-refractivity contribution in [2.45, 2.75) is 0 Å². The fourth-order valence-electron chi connectivity index (χ4n) is 0. The van der Waals surface area contributed by atoms with E-state index >= 15 is 0 Å². The van der Waals surface area contributed by atoms with E-state index in [2.05, 4.69) is 0 Å². The Morgan fingerprint density at radius 1 is 1.20 bits per heavy atom. The first-order valence-corrected chi connectivity index (χ1v) is 2.35. The van der Waals surface area contributed by atoms with Gasteiger partial charge in [-0.15, -0.1) is 0 Å². The molecule has 4 nitrogen and oxygen atoms in total. The fraction of sp³-hybridized carbons (Fsp3) is 0. The van der Waals surface area contributed by atoms with Gasteiger partial charge in [0.2, 0.25) is 0 Å². The summed E-state index contributed by atoms with van der Waals surface area (Å²) in [4.78, 5) is 21.6. The maximum absolute atomic E-state index is 8.88. The van der Waals surface area contributed by atoms with Gasteiger partial charge in [0.25, 0.3) is 0 Å². The Morgan fingerprint density at radius 2 is 1.20 bits per heavy atom. The van der Waals surface area contributed by atoms with Crippen LogP contribution in [0.1, 0.15) is 1.43 Å². The van der Waals surface area contributed by atoms with Crippen LogP contribution in [0.2, 0.25) is 0 Å². The summed E-state index contributed by atoms with van der Waals surface area (Å²) in [5.41, 5.74) is 0. The van der Waals surface area contributed by atoms with Gasteiger partial charge in [-0.2, -0.15) is 0 Å². The molecule has 0 aromatic carbocycles. The van der Waals surface area contributed by atoms with Gasteiger partial charge in [-0.3, -0.25) is 0 Å². The van der Waals surface area contributed by atoms with Gasteiger partial charge in [0.15, 0.2) is 17.4 Å². The molecule has 0 unspecified atom stereocenters. The zero-order valence-electron chi connectivity index (χ0n) is 5.77. The minimum atomic E-state index is -4.64. The van der Waals surface area contributed by atoms with Crippen molar-refractivity contribution in [3.05, 3.63) is 0 Å². The summed E-state index contributed by atoms with van der Waals surface area (Å²) in [5.74, 6) is 0. The summed E-state index contributed by atoms with van der Waals surface area (Å²) in [6.07, 6.45) is 0. The zero-order valence-corrected chi connectivity index (χ0v) is 13.3. The van der Waals surface area contributed by atoms with Crippen molar-refractivity contribution in [1.29, 1.82) is 0 Å². The maximum Gasteiger partial charge on any atom is 1.00 e. The molecule has 0 aromatic rings. The summed E-state index contributed by atoms with van der Waals surface area (Å²) in [7, 11) is -4.64. The largest absolute Gasteiger partial charge is 1.00 e. The van der Waals surface area contributed by atoms with E-state index in [4.69, 9.17) is 19.2 Å². The number of hydrogen-bond donors (Lipinski definition) is 3. The third kappa shape index (κ3) is 90.1. The van der Waals surface area contributed by atoms with Gasteiger partial charge in [-0.1, -0.05) is 0 Å². The van der Waals surface area contributed by atoms with E-state index in [1.54, 1.807) is 0 Å². The van der Waals surface area contributed by atoms with Gasteiger partial charge in [0.1, 0.15) is 0 Å². The van der Waals surface area contributed by atoms with Crippen LogP contribution in [-0.4, -0.2) is 32.0 Å². The van der Waals surface area contributed by atoms with E-state index in [1.807, 2.05) is 0 Å². The molecule has 1 radical (unpaired) electrons. The third-order valence-corrected chi connectivity index (χ3v) is 0. The van der Waals surface area contributed by atoms with Gasteiger partial charge < -0.3 is 16.1 Å². The van der Waals surface area contributed by atoms with Crippen LogP contribution in [-0.2, 0) is 52.5 Å². The molecule has 0 aromatic heterocycles. The normalized spacial score (nSPS) is 5.90. The Bertz CT molecular complexity index is 76.2. The average Bonchev–Trinajstić information content (AvgIpc) is 0.722. The molecule has 10 heteroatoms. The minimum absolute atomic E-state index is 0. The van der Waals surface area contributed by atoms with Crippen LogP contribution in [0, 0.1) is 35.6 Å². The molecule has 0 fully saturated rings. The molecule has 3 N–H and O–H groups in total. The first kappa shape index (κ1) is 36.9. The van der Waals surface area contributed by atoms with E-state index < -0.39 is 7.82 Å². The molecule has 0 rings (SSSR count). The van der Waals surface area contributed by atoms with Crippen LogP contribution in [0.3, 0.4) is 0 Å². The predicted octanol–water partition coefficient (Wildman–Crippen LogP) is -5.00. The molecule has 0 aliphatic heterocycles. The number of hydrogen-bond acceptors (Lipinski definition) is 1. The molecule has 0 heterocycles. The average molecular weight is 414 g/mol. The van der Waals surface area contributed by atoms with Gasteiger partial charge in [-0.25, -0.2) is 4.57 Å². The SMILES string of the molecule is O=P(O)(O)O.[AlH3].[H-].[La].[Li+].[Ti].[Zr]. The molecule has 0 saturated carbocycles. The summed E-state index contributed by atoms with van der Waals surface area (Å²) in [5, 5.41) is 0. The second kappa shape index (κ2) is 18.7. The number of phosphoric acid groups is 1. The van der Waals surface area contributed by atoms with E-state index in [0.29, 0.717) is 0 Å². The third-order valence-electron chi connectivity index (χ3n) is 0. The van der Waals surface area contributed by atoms with Gasteiger partial charge in [-0.05, 0) is 0 Å². The monoisotopic (exact) mass is 413 g/mol. The smallest absolute Gasteiger partial charge is 1.00 e. The Morgan fingerprint density at radius 3 is 1.20 bits per heavy atom. The van der Waals surface area contributed by atoms with Gasteiger partial charge in [0.05, 0.1) is 0 Å². The molecule has 0 atom stereocenters. The van der Waals surface area contributed by atoms with E-state index in [1.165, 1.54) is 0 Å². The molecule has 10 heavy (non-hydrogen) atoms. The van der Waals surface area contributed by atoms with Crippen LogP contribution in [0.15, 0.2) is 0 Å². The van der Waals surface area contributed by atoms with E-state index in [-0.39, 0.29) is 121 Å². The summed E-state index contributed by atoms with van der Waals surface area (Å²) >= 11 is 0. The van der Waals surface area contributed by atoms with Crippen LogP contribution in [0.25, 0.3) is 0 Å². The quantitative estimate of drug-likeness (QED) is 0.274. The van der Waals surface area contributed by atoms with Crippen molar-refractivity contribution in [2.24, 2.45) is 0 Å². The standard InChI is InChI=1S/Al.La.Li.H3O4P.Ti.Zr.4H/c;;;1-5(2,3)4;;;;;;/h;;;(H3,1,2,3,4);;;;;;/q;;+1;;;;;;;-1. The molecule has 0 amide bonds. The fourth-order valence-corrected chi connectivity index (χ4v) is 0. The van der Waals surface area contributed by atoms with Crippen LogP contribution < -0.4 is 18.9 Å². The summed E-state index contributed by atoms with van der Waals surface area (Å²) in [6.45, 7) is 0. The van der Waals surface area contributed by atoms with Crippen molar-refractivity contribution in [2.75, 3.05) is 0 Å². The van der Waals surface area contributed by atoms with Crippen molar-refractivity contribution in [1.82, 2.24) is 0 Å². The van der Waals surface area contributed by atoms with Crippen LogP contribution in [0.4, 0.5) is 0 Å². The Kier molecular flexibility index (Phi) is 69.2. The maximum atomic E-state index is 8.88. The molecular weight excluding hydrogens is 407 g/mol. The Balaban J connectivity index is -0.00000000533. The first-order chi connectivity index (χ1) is 2.00. The van der Waals surface area contributed by atoms with Crippen LogP contribution in [0.5, 0.6) is 0 Å². The van der Waals surface area contributed by atoms with Gasteiger partial charge in [0, 0.05) is 83.5 Å². The Hall–Kier alpha value is 4.03. The zero-order chi connectivity index (χ0) is 4.50. The minimum Gasteiger partial charge on any atom is -1.00 e. The molecular formula is H7AlLaLiO4PTiZr. The molecule has 51 valence electrons. The Labute approximate surface area is 145 Å². The molecule has 0 bridgehead atoms. The van der Waals surface area contributed by atoms with E-state index in [0.717, 1.165) is 0 Å². The van der Waals surface area contributed by atoms with Gasteiger partial charge >= 0.3 is 26.7 Å². The second-order valence-corrected chi connectivity index (χ2v) is 1.54. The molecule has 0 aliphatic rings. The topological polar surface area (TPSA) is 77.8 Å². The first-order valence-electron chi connectivity index (χ1n) is 0.783. The van der Waals surface area contributed by atoms with Crippen molar-refractivity contribution in [3.63, 3.8) is 0 Å².